The van der Waals surface area contributed by atoms with Crippen molar-refractivity contribution in [3.63, 3.8) is 0 Å². The Kier molecular flexibility index (Phi) is 34.8. The molecule has 2 heterocycles. The smallest absolute Gasteiger partial charge is 0.305 e. The third-order valence-electron chi connectivity index (χ3n) is 17.0. The summed E-state index contributed by atoms with van der Waals surface area (Å²) in [5, 5.41) is 80.8. The van der Waals surface area contributed by atoms with Crippen molar-refractivity contribution in [2.75, 3.05) is 24.5 Å². The number of aliphatic carboxylic acids is 5. The molecule has 0 spiro atoms. The van der Waals surface area contributed by atoms with Crippen LogP contribution in [0.25, 0.3) is 0 Å². The number of hydrogen-bond donors (Lipinski definition) is 17. The van der Waals surface area contributed by atoms with Crippen molar-refractivity contribution in [2.45, 2.75) is 159 Å². The van der Waals surface area contributed by atoms with Crippen LogP contribution in [-0.4, -0.2) is 215 Å². The predicted molar refractivity (Wildman–Crippen MR) is 397 cm³/mol. The Morgan fingerprint density at radius 1 is 0.421 bits per heavy atom. The maximum Gasteiger partial charge on any atom is 0.305 e. The largest absolute Gasteiger partial charge is 0.481 e. The number of nitrogens with zero attached hydrogens (tertiary/aromatic N) is 4. The number of carboxylic acids is 5. The van der Waals surface area contributed by atoms with Gasteiger partial charge in [-0.15, -0.1) is 5.10 Å². The number of hydrogen-bond acceptors (Lipinski definition) is 20. The lowest BCUT2D eigenvalue weighted by Crippen LogP contribution is -2.60. The third kappa shape index (κ3) is 30.8. The molecule has 1 aromatic heterocycles. The Morgan fingerprint density at radius 3 is 1.30 bits per heavy atom. The zero-order chi connectivity index (χ0) is 83.6. The van der Waals surface area contributed by atoms with Crippen LogP contribution in [0.15, 0.2) is 115 Å². The van der Waals surface area contributed by atoms with Gasteiger partial charge in [-0.05, 0) is 66.5 Å². The Bertz CT molecular complexity index is 4430. The summed E-state index contributed by atoms with van der Waals surface area (Å²) in [4.78, 5) is 237. The molecule has 8 unspecified atom stereocenters. The van der Waals surface area contributed by atoms with Gasteiger partial charge in [-0.1, -0.05) is 122 Å². The Labute approximate surface area is 650 Å². The number of rotatable bonds is 46. The van der Waals surface area contributed by atoms with Crippen LogP contribution >= 0.6 is 0 Å². The van der Waals surface area contributed by atoms with Crippen molar-refractivity contribution < 1.29 is 112 Å². The molecule has 39 nitrogen and oxygen atoms in total. The lowest BCUT2D eigenvalue weighted by Gasteiger charge is -2.27. The fourth-order valence-electron chi connectivity index (χ4n) is 11.4. The van der Waals surface area contributed by atoms with Gasteiger partial charge in [0.2, 0.25) is 76.8 Å². The van der Waals surface area contributed by atoms with Crippen LogP contribution in [0.3, 0.4) is 0 Å². The Morgan fingerprint density at radius 2 is 0.816 bits per heavy atom. The van der Waals surface area contributed by atoms with Gasteiger partial charge in [0.15, 0.2) is 0 Å². The molecule has 0 fully saturated rings. The minimum atomic E-state index is -2.27. The molecule has 606 valence electrons. The molecule has 4 aromatic carbocycles. The van der Waals surface area contributed by atoms with E-state index in [-0.39, 0.29) is 25.8 Å². The summed E-state index contributed by atoms with van der Waals surface area (Å²) in [6, 6.07) is 15.2. The van der Waals surface area contributed by atoms with Crippen LogP contribution in [0, 0.1) is 17.8 Å². The number of benzene rings is 4. The van der Waals surface area contributed by atoms with Crippen LogP contribution in [-0.2, 0) is 119 Å². The van der Waals surface area contributed by atoms with E-state index in [1.54, 1.807) is 114 Å². The summed E-state index contributed by atoms with van der Waals surface area (Å²) in [6.07, 6.45) is -4.08. The van der Waals surface area contributed by atoms with Gasteiger partial charge in [-0.2, -0.15) is 0 Å². The molecule has 18 N–H and O–H groups in total. The molecule has 5 aromatic rings. The van der Waals surface area contributed by atoms with E-state index in [1.165, 1.54) is 4.90 Å². The van der Waals surface area contributed by atoms with E-state index in [0.29, 0.717) is 58.8 Å². The normalized spacial score (nSPS) is 13.3. The molecule has 0 aliphatic carbocycles. The molecule has 114 heavy (non-hydrogen) atoms. The number of aryl methyl sites for hydroxylation is 1. The van der Waals surface area contributed by atoms with E-state index in [9.17, 15) is 112 Å². The average Bonchev–Trinajstić information content (AvgIpc) is 0.982. The third-order valence-corrected chi connectivity index (χ3v) is 17.0. The van der Waals surface area contributed by atoms with Gasteiger partial charge in [0, 0.05) is 49.6 Å². The summed E-state index contributed by atoms with van der Waals surface area (Å²) >= 11 is 0. The number of carboxylic acid groups (broad SMARTS) is 5. The van der Waals surface area contributed by atoms with Crippen LogP contribution in [0.5, 0.6) is 0 Å². The molecule has 39 heteroatoms. The van der Waals surface area contributed by atoms with Gasteiger partial charge in [-0.25, -0.2) is 0 Å². The first-order valence-corrected chi connectivity index (χ1v) is 35.8. The van der Waals surface area contributed by atoms with Gasteiger partial charge in [-0.3, -0.25) is 91.0 Å². The molecule has 0 saturated heterocycles. The van der Waals surface area contributed by atoms with Crippen molar-refractivity contribution in [1.29, 1.82) is 0 Å². The molecule has 1 aliphatic rings. The molecule has 1 aliphatic heterocycles. The summed E-state index contributed by atoms with van der Waals surface area (Å²) in [6.45, 7) is 1.57. The molecule has 6 rings (SSSR count). The lowest BCUT2D eigenvalue weighted by atomic mass is 10.0. The molecule has 13 amide bonds. The summed E-state index contributed by atoms with van der Waals surface area (Å²) in [5.74, 6) is -17.1. The second-order valence-corrected chi connectivity index (χ2v) is 26.6. The highest BCUT2D eigenvalue weighted by Gasteiger charge is 2.37. The number of anilines is 1. The molecular weight excluding hydrogens is 1490 g/mol. The number of carbonyl (C=O) groups excluding carboxylic acids is 13. The van der Waals surface area contributed by atoms with Gasteiger partial charge < -0.3 is 94.7 Å². The van der Waals surface area contributed by atoms with Gasteiger partial charge >= 0.3 is 29.8 Å². The first-order valence-electron chi connectivity index (χ1n) is 35.8. The number of carbonyl (C=O) groups is 18. The highest BCUT2D eigenvalue weighted by molar-refractivity contribution is 6.02. The molecular formula is C75H88N16O23. The van der Waals surface area contributed by atoms with E-state index in [1.807, 2.05) is 57.3 Å². The van der Waals surface area contributed by atoms with Gasteiger partial charge in [0.05, 0.1) is 69.7 Å². The van der Waals surface area contributed by atoms with Crippen molar-refractivity contribution in [2.24, 2.45) is 11.7 Å². The summed E-state index contributed by atoms with van der Waals surface area (Å²) in [5.41, 5.74) is 9.86. The molecule has 0 bridgehead atoms. The maximum atomic E-state index is 14.5. The number of amides is 13. The van der Waals surface area contributed by atoms with Crippen molar-refractivity contribution >= 4 is 112 Å². The second kappa shape index (κ2) is 44.6. The average molecular weight is 1580 g/mol. The number of aromatic nitrogens is 3. The van der Waals surface area contributed by atoms with E-state index in [2.05, 4.69) is 43.4 Å². The van der Waals surface area contributed by atoms with Crippen LogP contribution in [0.2, 0.25) is 0 Å². The fraction of sp³-hybridized carbons (Fsp3) is 0.387. The minimum Gasteiger partial charge on any atom is -0.481 e. The number of primary amides is 1. The van der Waals surface area contributed by atoms with Gasteiger partial charge in [0.25, 0.3) is 0 Å². The predicted octanol–water partition coefficient (Wildman–Crippen LogP) is -3.06. The van der Waals surface area contributed by atoms with Gasteiger partial charge in [0.1, 0.15) is 48.3 Å². The first-order chi connectivity index (χ1) is 54.2. The number of nitrogens with two attached hydrogens (primary N) is 1. The summed E-state index contributed by atoms with van der Waals surface area (Å²) < 4.78 is 1.66. The highest BCUT2D eigenvalue weighted by Crippen LogP contribution is 2.26. The first kappa shape index (κ1) is 88.9. The van der Waals surface area contributed by atoms with Crippen LogP contribution < -0.4 is 69.1 Å². The SMILES string of the molecule is CC(C)Cc1cn(CCCCC(NC(=O)C(Cc2ccccc2)NC(=O)C(Cc2ccccc2)NC(=O)C(CC(=O)O)NC(=O)C(CC(=O)O)NC(=O)C(CC(=O)O)NC(=O)CNC(=O)CNC(=O)CNC(=O)C(CC(=O)O)NC(=O)C(CC(=O)O)NC(=O)CCC(=O)N2Cc3ccccc3C#Cc3ccccc32)C(N)=O)nn1. The standard InChI is InChI=1S/C75H88N16O23/c1-42(2)29-48-41-90(89-88-48)28-14-13-22-49(68(76)107)82-70(109)50(30-43-15-5-3-6-16-43)83-71(110)51(31-44-17-7-4-8-18-44)84-74(113)55(35-66(103)104)87-75(114)56(36-67(105)106)86-73(112)54(34-65(101)102)81-61(95)39-78-59(93)37-77-60(94)38-79-69(108)52(32-63(97)98)85-72(111)53(33-64(99)100)80-58(92)26-27-62(96)91-40-47-21-10-9-19-45(47)24-25-46-20-11-12-23-57(46)91/h3-12,15-21,23,41-42,49-56H,13-14,22,26-40H2,1-2H3,(H2,76,107)(H,77,94)(H,78,93)(H,79,108)(H,80,92)(H,81,95)(H,82,109)(H,83,110)(H,84,113)(H,85,111)(H,86,112)(H,87,114)(H,97,98)(H,99,100)(H,101,102)(H,103,104)(H,105,106). The molecule has 8 atom stereocenters. The van der Waals surface area contributed by atoms with E-state index in [4.69, 9.17) is 5.73 Å². The fourth-order valence-corrected chi connectivity index (χ4v) is 11.4. The van der Waals surface area contributed by atoms with Crippen molar-refractivity contribution in [3.8, 4) is 11.8 Å². The number of para-hydroxylation sites is 1. The topological polar surface area (TPSA) is 601 Å². The number of nitrogens with one attached hydrogen (secondary N) is 11. The molecule has 0 radical (unpaired) electrons. The second-order valence-electron chi connectivity index (χ2n) is 26.6. The minimum absolute atomic E-state index is 0.0789. The van der Waals surface area contributed by atoms with Crippen molar-refractivity contribution in [3.05, 3.63) is 149 Å². The van der Waals surface area contributed by atoms with E-state index < -0.39 is 220 Å². The molecule has 0 saturated carbocycles. The maximum absolute atomic E-state index is 14.5. The summed E-state index contributed by atoms with van der Waals surface area (Å²) in [7, 11) is 0. The number of unbranched alkanes of at least 4 members (excludes halogenated alkanes) is 1. The Balaban J connectivity index is 1.02. The zero-order valence-electron chi connectivity index (χ0n) is 61.8. The van der Waals surface area contributed by atoms with E-state index >= 15 is 0 Å². The lowest BCUT2D eigenvalue weighted by molar-refractivity contribution is -0.144. The van der Waals surface area contributed by atoms with E-state index in [0.717, 1.165) is 12.1 Å². The Hall–Kier alpha value is -14.0. The van der Waals surface area contributed by atoms with Crippen LogP contribution in [0.1, 0.15) is 112 Å². The quantitative estimate of drug-likeness (QED) is 0.0136. The van der Waals surface area contributed by atoms with Crippen molar-refractivity contribution in [1.82, 2.24) is 73.5 Å². The highest BCUT2D eigenvalue weighted by atomic mass is 16.4. The number of fused-ring (bicyclic) bond motifs is 2. The zero-order valence-corrected chi connectivity index (χ0v) is 61.8. The monoisotopic (exact) mass is 1580 g/mol. The van der Waals surface area contributed by atoms with Crippen LogP contribution in [0.4, 0.5) is 5.69 Å².